The predicted molar refractivity (Wildman–Crippen MR) is 102 cm³/mol. The highest BCUT2D eigenvalue weighted by Crippen LogP contribution is 2.34. The molecule has 0 unspecified atom stereocenters. The van der Waals surface area contributed by atoms with Crippen molar-refractivity contribution in [1.82, 2.24) is 15.0 Å². The Morgan fingerprint density at radius 1 is 0.640 bits per heavy atom. The number of nitrogens with one attached hydrogen (secondary N) is 1. The molecule has 3 aromatic heterocycles. The molecule has 3 heterocycles. The van der Waals surface area contributed by atoms with E-state index >= 15 is 0 Å². The summed E-state index contributed by atoms with van der Waals surface area (Å²) in [6.45, 7) is 0. The lowest BCUT2D eigenvalue weighted by Crippen LogP contribution is -1.87. The first-order valence-electron chi connectivity index (χ1n) is 8.27. The van der Waals surface area contributed by atoms with E-state index in [2.05, 4.69) is 63.5 Å². The number of hydrogen-bond donors (Lipinski definition) is 1. The summed E-state index contributed by atoms with van der Waals surface area (Å²) >= 11 is 0. The lowest BCUT2D eigenvalue weighted by molar-refractivity contribution is 1.33. The summed E-state index contributed by atoms with van der Waals surface area (Å²) in [7, 11) is 0. The van der Waals surface area contributed by atoms with Crippen molar-refractivity contribution in [2.45, 2.75) is 0 Å². The van der Waals surface area contributed by atoms with Gasteiger partial charge in [-0.1, -0.05) is 36.4 Å². The number of rotatable bonds is 2. The minimum absolute atomic E-state index is 0.924. The van der Waals surface area contributed by atoms with Gasteiger partial charge in [-0.05, 0) is 47.5 Å². The number of H-pyrrole nitrogens is 1. The maximum atomic E-state index is 4.52. The summed E-state index contributed by atoms with van der Waals surface area (Å²) in [5.74, 6) is 0. The second-order valence-corrected chi connectivity index (χ2v) is 6.05. The molecule has 0 aliphatic rings. The SMILES string of the molecule is c1ccc(-c2ccccc2-c2ccc3[nH]c4ncccc4c3c2)nc1. The fraction of sp³-hybridized carbons (Fsp3) is 0. The molecule has 0 aliphatic heterocycles. The van der Waals surface area contributed by atoms with E-state index < -0.39 is 0 Å². The molecule has 0 radical (unpaired) electrons. The minimum Gasteiger partial charge on any atom is -0.339 e. The van der Waals surface area contributed by atoms with Gasteiger partial charge in [0.1, 0.15) is 5.65 Å². The molecule has 0 atom stereocenters. The minimum atomic E-state index is 0.924. The van der Waals surface area contributed by atoms with Crippen LogP contribution in [0.5, 0.6) is 0 Å². The number of benzene rings is 2. The van der Waals surface area contributed by atoms with E-state index in [1.165, 1.54) is 16.5 Å². The van der Waals surface area contributed by atoms with Crippen molar-refractivity contribution < 1.29 is 0 Å². The summed E-state index contributed by atoms with van der Waals surface area (Å²) in [5, 5.41) is 2.34. The highest BCUT2D eigenvalue weighted by Gasteiger charge is 2.10. The lowest BCUT2D eigenvalue weighted by atomic mass is 9.96. The van der Waals surface area contributed by atoms with Gasteiger partial charge >= 0.3 is 0 Å². The number of hydrogen-bond acceptors (Lipinski definition) is 2. The van der Waals surface area contributed by atoms with Gasteiger partial charge in [-0.15, -0.1) is 0 Å². The molecular formula is C22H15N3. The van der Waals surface area contributed by atoms with Crippen LogP contribution >= 0.6 is 0 Å². The zero-order chi connectivity index (χ0) is 16.6. The summed E-state index contributed by atoms with van der Waals surface area (Å²) in [6, 6.07) is 25.0. The maximum absolute atomic E-state index is 4.52. The van der Waals surface area contributed by atoms with Crippen molar-refractivity contribution >= 4 is 21.9 Å². The molecule has 0 aliphatic carbocycles. The van der Waals surface area contributed by atoms with Crippen LogP contribution in [0.15, 0.2) is 85.2 Å². The molecule has 2 aromatic carbocycles. The molecule has 0 spiro atoms. The molecule has 0 saturated carbocycles. The van der Waals surface area contributed by atoms with E-state index in [0.717, 1.165) is 27.8 Å². The Labute approximate surface area is 145 Å². The number of pyridine rings is 2. The molecule has 25 heavy (non-hydrogen) atoms. The molecule has 5 rings (SSSR count). The van der Waals surface area contributed by atoms with Crippen LogP contribution in [0.1, 0.15) is 0 Å². The average molecular weight is 321 g/mol. The molecule has 0 saturated heterocycles. The van der Waals surface area contributed by atoms with Crippen LogP contribution in [-0.2, 0) is 0 Å². The van der Waals surface area contributed by atoms with Gasteiger partial charge in [0.2, 0.25) is 0 Å². The van der Waals surface area contributed by atoms with Crippen LogP contribution in [0.25, 0.3) is 44.3 Å². The van der Waals surface area contributed by atoms with Gasteiger partial charge in [0.15, 0.2) is 0 Å². The van der Waals surface area contributed by atoms with Crippen LogP contribution in [-0.4, -0.2) is 15.0 Å². The van der Waals surface area contributed by atoms with Gasteiger partial charge in [-0.25, -0.2) is 4.98 Å². The zero-order valence-electron chi connectivity index (χ0n) is 13.5. The number of aromatic nitrogens is 3. The second-order valence-electron chi connectivity index (χ2n) is 6.05. The highest BCUT2D eigenvalue weighted by molar-refractivity contribution is 6.07. The summed E-state index contributed by atoms with van der Waals surface area (Å²) in [6.07, 6.45) is 3.65. The van der Waals surface area contributed by atoms with Crippen LogP contribution in [0, 0.1) is 0 Å². The molecule has 0 fully saturated rings. The number of fused-ring (bicyclic) bond motifs is 3. The van der Waals surface area contributed by atoms with Crippen molar-refractivity contribution in [1.29, 1.82) is 0 Å². The van der Waals surface area contributed by atoms with E-state index in [1.54, 1.807) is 0 Å². The standard InChI is InChI=1S/C22H15N3/c1-2-7-17(20-9-3-4-12-23-20)16(6-1)15-10-11-21-19(14-15)18-8-5-13-24-22(18)25-21/h1-14H,(H,24,25). The summed E-state index contributed by atoms with van der Waals surface area (Å²) in [5.41, 5.74) is 6.51. The first kappa shape index (κ1) is 13.9. The smallest absolute Gasteiger partial charge is 0.138 e. The third-order valence-corrected chi connectivity index (χ3v) is 4.55. The van der Waals surface area contributed by atoms with Crippen LogP contribution < -0.4 is 0 Å². The first-order chi connectivity index (χ1) is 12.4. The van der Waals surface area contributed by atoms with Crippen molar-refractivity contribution in [3.8, 4) is 22.4 Å². The third-order valence-electron chi connectivity index (χ3n) is 4.55. The topological polar surface area (TPSA) is 41.6 Å². The van der Waals surface area contributed by atoms with Gasteiger partial charge in [-0.3, -0.25) is 4.98 Å². The molecule has 0 amide bonds. The quantitative estimate of drug-likeness (QED) is 0.470. The molecule has 0 bridgehead atoms. The molecule has 3 nitrogen and oxygen atoms in total. The van der Waals surface area contributed by atoms with Gasteiger partial charge in [0.05, 0.1) is 5.69 Å². The van der Waals surface area contributed by atoms with E-state index in [1.807, 2.05) is 36.7 Å². The van der Waals surface area contributed by atoms with Crippen LogP contribution in [0.4, 0.5) is 0 Å². The zero-order valence-corrected chi connectivity index (χ0v) is 13.5. The van der Waals surface area contributed by atoms with E-state index in [0.29, 0.717) is 0 Å². The highest BCUT2D eigenvalue weighted by atomic mass is 14.8. The Morgan fingerprint density at radius 2 is 1.48 bits per heavy atom. The monoisotopic (exact) mass is 321 g/mol. The Bertz CT molecular complexity index is 1190. The summed E-state index contributed by atoms with van der Waals surface area (Å²) in [4.78, 5) is 12.3. The molecular weight excluding hydrogens is 306 g/mol. The average Bonchev–Trinajstić information content (AvgIpc) is 3.06. The van der Waals surface area contributed by atoms with Crippen molar-refractivity contribution in [3.05, 3.63) is 85.2 Å². The van der Waals surface area contributed by atoms with Crippen molar-refractivity contribution in [2.75, 3.05) is 0 Å². The first-order valence-corrected chi connectivity index (χ1v) is 8.27. The Morgan fingerprint density at radius 3 is 2.36 bits per heavy atom. The van der Waals surface area contributed by atoms with E-state index in [9.17, 15) is 0 Å². The van der Waals surface area contributed by atoms with E-state index in [4.69, 9.17) is 0 Å². The third kappa shape index (κ3) is 2.29. The molecule has 1 N–H and O–H groups in total. The van der Waals surface area contributed by atoms with Gasteiger partial charge in [0.25, 0.3) is 0 Å². The summed E-state index contributed by atoms with van der Waals surface area (Å²) < 4.78 is 0. The van der Waals surface area contributed by atoms with Crippen molar-refractivity contribution in [2.24, 2.45) is 0 Å². The predicted octanol–water partition coefficient (Wildman–Crippen LogP) is 5.45. The van der Waals surface area contributed by atoms with Gasteiger partial charge in [0, 0.05) is 34.2 Å². The lowest BCUT2D eigenvalue weighted by Gasteiger charge is -2.09. The Kier molecular flexibility index (Phi) is 3.10. The normalized spacial score (nSPS) is 11.2. The molecule has 118 valence electrons. The second kappa shape index (κ2) is 5.56. The molecule has 5 aromatic rings. The van der Waals surface area contributed by atoms with Crippen LogP contribution in [0.2, 0.25) is 0 Å². The fourth-order valence-corrected chi connectivity index (χ4v) is 3.37. The number of aromatic amines is 1. The Balaban J connectivity index is 1.75. The van der Waals surface area contributed by atoms with Crippen molar-refractivity contribution in [3.63, 3.8) is 0 Å². The number of nitrogens with zero attached hydrogens (tertiary/aromatic N) is 2. The van der Waals surface area contributed by atoms with Gasteiger partial charge in [-0.2, -0.15) is 0 Å². The van der Waals surface area contributed by atoms with E-state index in [-0.39, 0.29) is 0 Å². The molecule has 3 heteroatoms. The largest absolute Gasteiger partial charge is 0.339 e. The van der Waals surface area contributed by atoms with Gasteiger partial charge < -0.3 is 4.98 Å². The van der Waals surface area contributed by atoms with Crippen LogP contribution in [0.3, 0.4) is 0 Å². The Hall–Kier alpha value is -3.46. The maximum Gasteiger partial charge on any atom is 0.138 e. The fourth-order valence-electron chi connectivity index (χ4n) is 3.37.